The molecule has 2 aliphatic rings. The molecule has 0 aromatic heterocycles. The van der Waals surface area contributed by atoms with Gasteiger partial charge < -0.3 is 16.0 Å². The van der Waals surface area contributed by atoms with Crippen molar-refractivity contribution in [2.24, 2.45) is 0 Å². The zero-order chi connectivity index (χ0) is 17.1. The highest BCUT2D eigenvalue weighted by molar-refractivity contribution is 5.96. The van der Waals surface area contributed by atoms with Gasteiger partial charge in [0.25, 0.3) is 0 Å². The van der Waals surface area contributed by atoms with E-state index in [1.54, 1.807) is 0 Å². The molecule has 2 fully saturated rings. The third-order valence-corrected chi connectivity index (χ3v) is 4.72. The summed E-state index contributed by atoms with van der Waals surface area (Å²) in [5.41, 5.74) is 2.31. The maximum atomic E-state index is 12.4. The van der Waals surface area contributed by atoms with E-state index in [0.717, 1.165) is 31.5 Å². The van der Waals surface area contributed by atoms with Crippen LogP contribution < -0.4 is 21.3 Å². The molecule has 7 nitrogen and oxygen atoms in total. The lowest BCUT2D eigenvalue weighted by Crippen LogP contribution is -2.70. The summed E-state index contributed by atoms with van der Waals surface area (Å²) in [4.78, 5) is 26.1. The van der Waals surface area contributed by atoms with E-state index in [4.69, 9.17) is 0 Å². The Balaban J connectivity index is 1.63. The second-order valence-corrected chi connectivity index (χ2v) is 6.43. The fraction of sp³-hybridized carbons (Fsp3) is 0.529. The number of carbonyl (C=O) groups is 2. The molecule has 3 rings (SSSR count). The van der Waals surface area contributed by atoms with Crippen molar-refractivity contribution in [3.63, 3.8) is 0 Å². The van der Waals surface area contributed by atoms with E-state index in [0.29, 0.717) is 0 Å². The van der Waals surface area contributed by atoms with Crippen LogP contribution in [-0.4, -0.2) is 42.4 Å². The standard InChI is InChI=1S/C17H25N5O2/c1-11-5-3-4-6-14(11)12(2)19-15-20-16(23)22(17(24)21-15)13-7-9-18-10-8-13/h3-6,12-13,15,18-19H,7-10H2,1-2H3,(H,20,23)(H,21,24). The van der Waals surface area contributed by atoms with Crippen LogP contribution in [0.25, 0.3) is 0 Å². The van der Waals surface area contributed by atoms with Crippen molar-refractivity contribution >= 4 is 12.1 Å². The van der Waals surface area contributed by atoms with Gasteiger partial charge in [-0.05, 0) is 50.9 Å². The summed E-state index contributed by atoms with van der Waals surface area (Å²) >= 11 is 0. The number of hydrogen-bond donors (Lipinski definition) is 4. The SMILES string of the molecule is Cc1ccccc1C(C)NC1NC(=O)N(C2CCNCC2)C(=O)N1. The van der Waals surface area contributed by atoms with Gasteiger partial charge >= 0.3 is 12.1 Å². The van der Waals surface area contributed by atoms with Crippen LogP contribution >= 0.6 is 0 Å². The van der Waals surface area contributed by atoms with Crippen LogP contribution in [0.4, 0.5) is 9.59 Å². The molecule has 7 heteroatoms. The number of amides is 4. The predicted octanol–water partition coefficient (Wildman–Crippen LogP) is 1.42. The highest BCUT2D eigenvalue weighted by atomic mass is 16.2. The van der Waals surface area contributed by atoms with Gasteiger partial charge in [0.2, 0.25) is 0 Å². The lowest BCUT2D eigenvalue weighted by atomic mass is 10.0. The Bertz CT molecular complexity index is 597. The molecule has 4 N–H and O–H groups in total. The first kappa shape index (κ1) is 16.7. The summed E-state index contributed by atoms with van der Waals surface area (Å²) in [6.45, 7) is 5.71. The Hall–Kier alpha value is -2.12. The fourth-order valence-electron chi connectivity index (χ4n) is 3.41. The van der Waals surface area contributed by atoms with E-state index >= 15 is 0 Å². The van der Waals surface area contributed by atoms with Crippen molar-refractivity contribution < 1.29 is 9.59 Å². The molecule has 130 valence electrons. The summed E-state index contributed by atoms with van der Waals surface area (Å²) in [6, 6.07) is 7.36. The number of aryl methyl sites for hydroxylation is 1. The molecule has 0 spiro atoms. The molecule has 0 aliphatic carbocycles. The maximum Gasteiger partial charge on any atom is 0.328 e. The Kier molecular flexibility index (Phi) is 5.01. The third kappa shape index (κ3) is 3.52. The van der Waals surface area contributed by atoms with Crippen LogP contribution in [0.3, 0.4) is 0 Å². The monoisotopic (exact) mass is 331 g/mol. The van der Waals surface area contributed by atoms with Crippen molar-refractivity contribution in [2.45, 2.75) is 45.1 Å². The quantitative estimate of drug-likeness (QED) is 0.672. The predicted molar refractivity (Wildman–Crippen MR) is 91.3 cm³/mol. The van der Waals surface area contributed by atoms with Gasteiger partial charge in [-0.25, -0.2) is 14.5 Å². The molecule has 4 amide bonds. The molecule has 24 heavy (non-hydrogen) atoms. The van der Waals surface area contributed by atoms with Crippen molar-refractivity contribution in [2.75, 3.05) is 13.1 Å². The first-order valence-electron chi connectivity index (χ1n) is 8.49. The van der Waals surface area contributed by atoms with Crippen molar-refractivity contribution in [3.05, 3.63) is 35.4 Å². The van der Waals surface area contributed by atoms with Crippen LogP contribution in [0.15, 0.2) is 24.3 Å². The Morgan fingerprint density at radius 3 is 2.38 bits per heavy atom. The van der Waals surface area contributed by atoms with Crippen LogP contribution in [0.1, 0.15) is 36.9 Å². The molecule has 0 radical (unpaired) electrons. The number of piperidine rings is 1. The number of nitrogens with zero attached hydrogens (tertiary/aromatic N) is 1. The third-order valence-electron chi connectivity index (χ3n) is 4.72. The molecular weight excluding hydrogens is 306 g/mol. The molecule has 1 aromatic rings. The number of imide groups is 1. The van der Waals surface area contributed by atoms with Crippen molar-refractivity contribution in [3.8, 4) is 0 Å². The summed E-state index contributed by atoms with van der Waals surface area (Å²) in [6.07, 6.45) is 1.01. The van der Waals surface area contributed by atoms with E-state index in [1.807, 2.05) is 38.1 Å². The molecule has 1 unspecified atom stereocenters. The first-order chi connectivity index (χ1) is 11.6. The minimum atomic E-state index is -0.572. The van der Waals surface area contributed by atoms with Gasteiger partial charge in [-0.15, -0.1) is 0 Å². The molecular formula is C17H25N5O2. The number of urea groups is 2. The second kappa shape index (κ2) is 7.19. The highest BCUT2D eigenvalue weighted by Crippen LogP contribution is 2.18. The molecule has 2 saturated heterocycles. The molecule has 2 aliphatic heterocycles. The minimum Gasteiger partial charge on any atom is -0.317 e. The molecule has 1 atom stereocenters. The summed E-state index contributed by atoms with van der Waals surface area (Å²) in [5, 5.41) is 12.2. The van der Waals surface area contributed by atoms with Crippen LogP contribution in [-0.2, 0) is 0 Å². The van der Waals surface area contributed by atoms with Gasteiger partial charge in [0.15, 0.2) is 6.29 Å². The molecule has 0 saturated carbocycles. The summed E-state index contributed by atoms with van der Waals surface area (Å²) in [5.74, 6) is 0. The Labute approximate surface area is 142 Å². The van der Waals surface area contributed by atoms with Gasteiger partial charge in [0.1, 0.15) is 0 Å². The van der Waals surface area contributed by atoms with Crippen molar-refractivity contribution in [1.82, 2.24) is 26.2 Å². The number of nitrogens with one attached hydrogen (secondary N) is 4. The zero-order valence-electron chi connectivity index (χ0n) is 14.1. The number of benzene rings is 1. The Morgan fingerprint density at radius 2 is 1.75 bits per heavy atom. The van der Waals surface area contributed by atoms with Gasteiger partial charge in [0.05, 0.1) is 0 Å². The van der Waals surface area contributed by atoms with Crippen LogP contribution in [0.2, 0.25) is 0 Å². The molecule has 0 bridgehead atoms. The smallest absolute Gasteiger partial charge is 0.317 e. The van der Waals surface area contributed by atoms with E-state index in [2.05, 4.69) is 21.3 Å². The summed E-state index contributed by atoms with van der Waals surface area (Å²) < 4.78 is 0. The van der Waals surface area contributed by atoms with Crippen LogP contribution in [0.5, 0.6) is 0 Å². The van der Waals surface area contributed by atoms with E-state index in [1.165, 1.54) is 10.5 Å². The lowest BCUT2D eigenvalue weighted by Gasteiger charge is -2.39. The maximum absolute atomic E-state index is 12.4. The average Bonchev–Trinajstić information content (AvgIpc) is 2.55. The molecule has 1 aromatic carbocycles. The number of hydrogen-bond acceptors (Lipinski definition) is 4. The van der Waals surface area contributed by atoms with Gasteiger partial charge in [-0.3, -0.25) is 5.32 Å². The van der Waals surface area contributed by atoms with E-state index < -0.39 is 6.29 Å². The first-order valence-corrected chi connectivity index (χ1v) is 8.49. The number of rotatable bonds is 4. The Morgan fingerprint density at radius 1 is 1.12 bits per heavy atom. The second-order valence-electron chi connectivity index (χ2n) is 6.43. The van der Waals surface area contributed by atoms with E-state index in [-0.39, 0.29) is 24.1 Å². The normalized spacial score (nSPS) is 21.3. The van der Waals surface area contributed by atoms with Gasteiger partial charge in [0, 0.05) is 12.1 Å². The average molecular weight is 331 g/mol. The topological polar surface area (TPSA) is 85.5 Å². The molecule has 2 heterocycles. The highest BCUT2D eigenvalue weighted by Gasteiger charge is 2.37. The fourth-order valence-corrected chi connectivity index (χ4v) is 3.41. The zero-order valence-corrected chi connectivity index (χ0v) is 14.1. The van der Waals surface area contributed by atoms with Gasteiger partial charge in [-0.2, -0.15) is 0 Å². The summed E-state index contributed by atoms with van der Waals surface area (Å²) in [7, 11) is 0. The largest absolute Gasteiger partial charge is 0.328 e. The van der Waals surface area contributed by atoms with Gasteiger partial charge in [-0.1, -0.05) is 24.3 Å². The van der Waals surface area contributed by atoms with Crippen LogP contribution in [0, 0.1) is 6.92 Å². The minimum absolute atomic E-state index is 0.00207. The van der Waals surface area contributed by atoms with Crippen molar-refractivity contribution in [1.29, 1.82) is 0 Å². The lowest BCUT2D eigenvalue weighted by molar-refractivity contribution is 0.132. The number of carbonyl (C=O) groups excluding carboxylic acids is 2. The van der Waals surface area contributed by atoms with E-state index in [9.17, 15) is 9.59 Å².